The number of hydrogen-bond donors (Lipinski definition) is 0. The van der Waals surface area contributed by atoms with E-state index in [-0.39, 0.29) is 0 Å². The Kier molecular flexibility index (Phi) is 16.1. The highest BCUT2D eigenvalue weighted by molar-refractivity contribution is 5.78. The van der Waals surface area contributed by atoms with Crippen LogP contribution in [0.2, 0.25) is 0 Å². The molecule has 0 heterocycles. The number of rotatable bonds is 20. The van der Waals surface area contributed by atoms with Crippen molar-refractivity contribution in [1.82, 2.24) is 0 Å². The van der Waals surface area contributed by atoms with Crippen molar-refractivity contribution in [2.75, 3.05) is 0 Å². The van der Waals surface area contributed by atoms with Crippen molar-refractivity contribution in [2.24, 2.45) is 11.8 Å². The maximum absolute atomic E-state index is 12.5. The van der Waals surface area contributed by atoms with Crippen molar-refractivity contribution in [3.05, 3.63) is 70.8 Å². The second kappa shape index (κ2) is 20.3. The zero-order valence-corrected chi connectivity index (χ0v) is 28.8. The zero-order chi connectivity index (χ0) is 30.8. The molecule has 0 radical (unpaired) electrons. The van der Waals surface area contributed by atoms with E-state index in [2.05, 4.69) is 62.4 Å². The number of Topliss-reactive ketones (excluding diaryl/α,β-unsaturated/α-hetero) is 1. The minimum Gasteiger partial charge on any atom is -0.300 e. The molecule has 1 heteroatoms. The number of carbonyl (C=O) groups excluding carboxylic acids is 1. The molecule has 0 amide bonds. The molecule has 2 aromatic carbocycles. The second-order valence-electron chi connectivity index (χ2n) is 14.9. The van der Waals surface area contributed by atoms with Crippen LogP contribution >= 0.6 is 0 Å². The van der Waals surface area contributed by atoms with Crippen molar-refractivity contribution >= 4 is 5.78 Å². The van der Waals surface area contributed by atoms with Crippen LogP contribution in [0.3, 0.4) is 0 Å². The molecule has 0 aromatic heterocycles. The molecule has 0 unspecified atom stereocenters. The summed E-state index contributed by atoms with van der Waals surface area (Å²) in [6, 6.07) is 19.0. The first-order valence-electron chi connectivity index (χ1n) is 19.3. The Morgan fingerprint density at radius 1 is 0.500 bits per heavy atom. The van der Waals surface area contributed by atoms with Crippen LogP contribution in [-0.4, -0.2) is 5.78 Å². The normalized spacial score (nSPS) is 22.2. The van der Waals surface area contributed by atoms with Gasteiger partial charge in [0, 0.05) is 12.8 Å². The number of hydrogen-bond acceptors (Lipinski definition) is 1. The molecule has 2 aliphatic rings. The molecule has 0 bridgehead atoms. The lowest BCUT2D eigenvalue weighted by atomic mass is 9.77. The van der Waals surface area contributed by atoms with E-state index in [1.165, 1.54) is 114 Å². The van der Waals surface area contributed by atoms with Crippen LogP contribution in [0.5, 0.6) is 0 Å². The first-order chi connectivity index (χ1) is 21.6. The van der Waals surface area contributed by atoms with E-state index in [4.69, 9.17) is 0 Å². The predicted molar refractivity (Wildman–Crippen MR) is 191 cm³/mol. The third kappa shape index (κ3) is 12.5. The van der Waals surface area contributed by atoms with Gasteiger partial charge in [-0.15, -0.1) is 0 Å². The maximum atomic E-state index is 12.5. The molecule has 2 fully saturated rings. The summed E-state index contributed by atoms with van der Waals surface area (Å²) >= 11 is 0. The Bertz CT molecular complexity index is 934. The van der Waals surface area contributed by atoms with Gasteiger partial charge in [-0.25, -0.2) is 0 Å². The standard InChI is InChI=1S/C43H66O/c1-3-5-7-13-35-19-27-39(28-20-35)41-31-23-37(24-32-41)15-9-11-17-43(44)18-12-10-16-38-25-33-42(34-26-38)40-29-21-36(22-30-40)14-8-6-4-2/h23-26,31-36,39-40H,3-22,27-30H2,1-2H3/t35-,36?,39-,40?. The Balaban J connectivity index is 1.02. The van der Waals surface area contributed by atoms with Crippen LogP contribution < -0.4 is 0 Å². The smallest absolute Gasteiger partial charge is 0.132 e. The summed E-state index contributed by atoms with van der Waals surface area (Å²) in [4.78, 5) is 12.5. The van der Waals surface area contributed by atoms with Gasteiger partial charge >= 0.3 is 0 Å². The zero-order valence-electron chi connectivity index (χ0n) is 28.8. The Morgan fingerprint density at radius 2 is 0.886 bits per heavy atom. The predicted octanol–water partition coefficient (Wildman–Crippen LogP) is 13.1. The van der Waals surface area contributed by atoms with Gasteiger partial charge in [0.25, 0.3) is 0 Å². The van der Waals surface area contributed by atoms with E-state index in [0.717, 1.165) is 75.0 Å². The Morgan fingerprint density at radius 3 is 1.25 bits per heavy atom. The summed E-state index contributed by atoms with van der Waals surface area (Å²) in [5.74, 6) is 3.98. The Labute approximate surface area is 272 Å². The van der Waals surface area contributed by atoms with Gasteiger partial charge in [-0.2, -0.15) is 0 Å². The molecular formula is C43H66O. The quantitative estimate of drug-likeness (QED) is 0.139. The number of benzene rings is 2. The molecule has 2 aliphatic carbocycles. The van der Waals surface area contributed by atoms with Gasteiger partial charge in [0.15, 0.2) is 0 Å². The first-order valence-corrected chi connectivity index (χ1v) is 19.3. The average molecular weight is 599 g/mol. The fourth-order valence-corrected chi connectivity index (χ4v) is 8.28. The van der Waals surface area contributed by atoms with Crippen molar-refractivity contribution in [3.8, 4) is 0 Å². The van der Waals surface area contributed by atoms with E-state index in [1.54, 1.807) is 11.1 Å². The summed E-state index contributed by atoms with van der Waals surface area (Å²) in [5, 5.41) is 0. The molecule has 0 saturated heterocycles. The highest BCUT2D eigenvalue weighted by atomic mass is 16.1. The van der Waals surface area contributed by atoms with E-state index >= 15 is 0 Å². The van der Waals surface area contributed by atoms with E-state index in [1.807, 2.05) is 0 Å². The minimum atomic E-state index is 0.464. The van der Waals surface area contributed by atoms with Crippen molar-refractivity contribution in [3.63, 3.8) is 0 Å². The number of carbonyl (C=O) groups is 1. The summed E-state index contributed by atoms with van der Waals surface area (Å²) < 4.78 is 0. The lowest BCUT2D eigenvalue weighted by molar-refractivity contribution is -0.119. The first kappa shape index (κ1) is 35.0. The molecule has 0 aliphatic heterocycles. The van der Waals surface area contributed by atoms with Crippen LogP contribution in [0.15, 0.2) is 48.5 Å². The van der Waals surface area contributed by atoms with Crippen molar-refractivity contribution < 1.29 is 4.79 Å². The Hall–Kier alpha value is -1.89. The maximum Gasteiger partial charge on any atom is 0.132 e. The number of aryl methyl sites for hydroxylation is 2. The molecule has 4 rings (SSSR count). The van der Waals surface area contributed by atoms with Crippen LogP contribution in [0.25, 0.3) is 0 Å². The monoisotopic (exact) mass is 599 g/mol. The van der Waals surface area contributed by atoms with Gasteiger partial charge in [-0.1, -0.05) is 114 Å². The van der Waals surface area contributed by atoms with Crippen molar-refractivity contribution in [1.29, 1.82) is 0 Å². The molecule has 2 aromatic rings. The second-order valence-corrected chi connectivity index (χ2v) is 14.9. The molecular weight excluding hydrogens is 532 g/mol. The van der Waals surface area contributed by atoms with Crippen LogP contribution in [0.1, 0.15) is 189 Å². The molecule has 0 spiro atoms. The fourth-order valence-electron chi connectivity index (χ4n) is 8.28. The molecule has 0 N–H and O–H groups in total. The van der Waals surface area contributed by atoms with Gasteiger partial charge in [-0.05, 0) is 136 Å². The summed E-state index contributed by atoms with van der Waals surface area (Å²) in [5.41, 5.74) is 6.00. The third-order valence-corrected chi connectivity index (χ3v) is 11.4. The van der Waals surface area contributed by atoms with Crippen LogP contribution in [-0.2, 0) is 17.6 Å². The van der Waals surface area contributed by atoms with Crippen molar-refractivity contribution in [2.45, 2.75) is 180 Å². The summed E-state index contributed by atoms with van der Waals surface area (Å²) in [6.45, 7) is 4.61. The number of unbranched alkanes of at least 4 members (excludes halogenated alkanes) is 6. The molecule has 2 saturated carbocycles. The highest BCUT2D eigenvalue weighted by Gasteiger charge is 2.23. The minimum absolute atomic E-state index is 0.464. The fraction of sp³-hybridized carbons (Fsp3) is 0.698. The SMILES string of the molecule is CCCCCC1CCC(c2ccc(CCCCC(=O)CCCCc3ccc([C@H]4CC[C@H](CCCCC)CC4)cc3)cc2)CC1. The largest absolute Gasteiger partial charge is 0.300 e. The molecule has 1 nitrogen and oxygen atoms in total. The van der Waals surface area contributed by atoms with Gasteiger partial charge < -0.3 is 0 Å². The van der Waals surface area contributed by atoms with E-state index < -0.39 is 0 Å². The van der Waals surface area contributed by atoms with Crippen LogP contribution in [0, 0.1) is 11.8 Å². The van der Waals surface area contributed by atoms with E-state index in [9.17, 15) is 4.79 Å². The van der Waals surface area contributed by atoms with Gasteiger partial charge in [-0.3, -0.25) is 4.79 Å². The topological polar surface area (TPSA) is 17.1 Å². The summed E-state index contributed by atoms with van der Waals surface area (Å²) in [7, 11) is 0. The lowest BCUT2D eigenvalue weighted by Gasteiger charge is -2.29. The van der Waals surface area contributed by atoms with Gasteiger partial charge in [0.05, 0.1) is 0 Å². The lowest BCUT2D eigenvalue weighted by Crippen LogP contribution is -2.13. The molecule has 244 valence electrons. The van der Waals surface area contributed by atoms with Gasteiger partial charge in [0.2, 0.25) is 0 Å². The van der Waals surface area contributed by atoms with E-state index in [0.29, 0.717) is 5.78 Å². The number of ketones is 1. The van der Waals surface area contributed by atoms with Gasteiger partial charge in [0.1, 0.15) is 5.78 Å². The molecule has 0 atom stereocenters. The highest BCUT2D eigenvalue weighted by Crippen LogP contribution is 2.39. The van der Waals surface area contributed by atoms with Crippen LogP contribution in [0.4, 0.5) is 0 Å². The summed E-state index contributed by atoms with van der Waals surface area (Å²) in [6.07, 6.45) is 30.5. The average Bonchev–Trinajstić information content (AvgIpc) is 3.07. The molecule has 44 heavy (non-hydrogen) atoms. The third-order valence-electron chi connectivity index (χ3n) is 11.4.